The number of hydrazine groups is 1. The fourth-order valence-electron chi connectivity index (χ4n) is 3.12. The fraction of sp³-hybridized carbons (Fsp3) is 0.455. The summed E-state index contributed by atoms with van der Waals surface area (Å²) in [5, 5.41) is 9.97. The molecular weight excluding hydrogens is 464 g/mol. The van der Waals surface area contributed by atoms with E-state index in [0.29, 0.717) is 15.5 Å². The lowest BCUT2D eigenvalue weighted by molar-refractivity contribution is -0.178. The second-order valence-corrected chi connectivity index (χ2v) is 8.90. The second kappa shape index (κ2) is 10.1. The number of urea groups is 1. The van der Waals surface area contributed by atoms with Gasteiger partial charge in [0.1, 0.15) is 12.2 Å². The molecular formula is C22H28N4O9. The van der Waals surface area contributed by atoms with E-state index in [1.807, 2.05) is 0 Å². The molecule has 0 unspecified atom stereocenters. The molecule has 13 nitrogen and oxygen atoms in total. The van der Waals surface area contributed by atoms with Crippen molar-refractivity contribution in [2.24, 2.45) is 5.73 Å². The normalized spacial score (nSPS) is 17.6. The van der Waals surface area contributed by atoms with Crippen LogP contribution in [0.3, 0.4) is 0 Å². The molecule has 1 aromatic rings. The van der Waals surface area contributed by atoms with Crippen LogP contribution in [0.25, 0.3) is 0 Å². The molecule has 0 bridgehead atoms. The molecule has 4 amide bonds. The SMILES string of the molecule is CC(=O)N(C[C@](N)(C(=O)OCc1ccccc1)C(=O)OC(C)(C)C)N1C(=O)[C@@H](C(=O)O)N(C)C1=O. The van der Waals surface area contributed by atoms with Crippen molar-refractivity contribution in [2.45, 2.75) is 51.5 Å². The van der Waals surface area contributed by atoms with Gasteiger partial charge in [0.25, 0.3) is 5.91 Å². The largest absolute Gasteiger partial charge is 0.479 e. The predicted octanol–water partition coefficient (Wildman–Crippen LogP) is -0.120. The summed E-state index contributed by atoms with van der Waals surface area (Å²) >= 11 is 0. The van der Waals surface area contributed by atoms with Gasteiger partial charge in [0.05, 0.1) is 6.54 Å². The Kier molecular flexibility index (Phi) is 7.86. The van der Waals surface area contributed by atoms with Crippen LogP contribution in [0.4, 0.5) is 4.79 Å². The number of carboxylic acids is 1. The average Bonchev–Trinajstić information content (AvgIpc) is 2.97. The Morgan fingerprint density at radius 3 is 2.11 bits per heavy atom. The molecule has 2 rings (SSSR count). The van der Waals surface area contributed by atoms with E-state index in [1.165, 1.54) is 20.8 Å². The Bertz CT molecular complexity index is 1040. The van der Waals surface area contributed by atoms with Gasteiger partial charge in [-0.15, -0.1) is 0 Å². The number of nitrogens with zero attached hydrogens (tertiary/aromatic N) is 3. The van der Waals surface area contributed by atoms with E-state index in [1.54, 1.807) is 30.3 Å². The number of hydrogen-bond acceptors (Lipinski definition) is 9. The van der Waals surface area contributed by atoms with Crippen LogP contribution >= 0.6 is 0 Å². The van der Waals surface area contributed by atoms with E-state index < -0.39 is 59.5 Å². The van der Waals surface area contributed by atoms with Crippen molar-refractivity contribution in [3.05, 3.63) is 35.9 Å². The van der Waals surface area contributed by atoms with E-state index in [9.17, 15) is 33.9 Å². The van der Waals surface area contributed by atoms with Crippen molar-refractivity contribution in [2.75, 3.05) is 13.6 Å². The number of benzene rings is 1. The van der Waals surface area contributed by atoms with Gasteiger partial charge in [-0.1, -0.05) is 30.3 Å². The first-order valence-corrected chi connectivity index (χ1v) is 10.4. The van der Waals surface area contributed by atoms with Crippen molar-refractivity contribution >= 4 is 35.8 Å². The molecule has 1 heterocycles. The van der Waals surface area contributed by atoms with Crippen molar-refractivity contribution in [1.82, 2.24) is 14.9 Å². The molecule has 0 aliphatic carbocycles. The van der Waals surface area contributed by atoms with Crippen LogP contribution in [0, 0.1) is 0 Å². The van der Waals surface area contributed by atoms with E-state index in [2.05, 4.69) is 0 Å². The van der Waals surface area contributed by atoms with Crippen LogP contribution in [0.1, 0.15) is 33.3 Å². The lowest BCUT2D eigenvalue weighted by Gasteiger charge is -2.36. The van der Waals surface area contributed by atoms with Gasteiger partial charge in [-0.05, 0) is 26.3 Å². The molecule has 1 aliphatic rings. The number of rotatable bonds is 8. The molecule has 1 aromatic carbocycles. The third kappa shape index (κ3) is 5.93. The summed E-state index contributed by atoms with van der Waals surface area (Å²) in [7, 11) is 1.05. The van der Waals surface area contributed by atoms with Gasteiger partial charge in [-0.2, -0.15) is 5.01 Å². The Morgan fingerprint density at radius 2 is 1.66 bits per heavy atom. The summed E-state index contributed by atoms with van der Waals surface area (Å²) in [4.78, 5) is 75.9. The molecule has 1 fully saturated rings. The smallest absolute Gasteiger partial charge is 0.347 e. The highest BCUT2D eigenvalue weighted by atomic mass is 16.6. The maximum absolute atomic E-state index is 13.1. The van der Waals surface area contributed by atoms with Crippen LogP contribution < -0.4 is 5.73 Å². The molecule has 1 saturated heterocycles. The molecule has 0 spiro atoms. The summed E-state index contributed by atoms with van der Waals surface area (Å²) in [5.41, 5.74) is 2.96. The van der Waals surface area contributed by atoms with Gasteiger partial charge in [-0.25, -0.2) is 24.2 Å². The minimum absolute atomic E-state index is 0.234. The topological polar surface area (TPSA) is 177 Å². The van der Waals surface area contributed by atoms with Crippen LogP contribution in [0.15, 0.2) is 30.3 Å². The summed E-state index contributed by atoms with van der Waals surface area (Å²) in [5.74, 6) is -6.45. The molecule has 0 radical (unpaired) electrons. The first-order valence-electron chi connectivity index (χ1n) is 10.4. The van der Waals surface area contributed by atoms with Crippen molar-refractivity contribution in [3.63, 3.8) is 0 Å². The maximum atomic E-state index is 13.1. The minimum atomic E-state index is -2.67. The highest BCUT2D eigenvalue weighted by Gasteiger charge is 2.55. The number of carbonyl (C=O) groups is 6. The molecule has 35 heavy (non-hydrogen) atoms. The molecule has 0 aromatic heterocycles. The van der Waals surface area contributed by atoms with Gasteiger partial charge in [0, 0.05) is 14.0 Å². The molecule has 2 atom stereocenters. The summed E-state index contributed by atoms with van der Waals surface area (Å²) in [6.07, 6.45) is 0. The number of amides is 4. The molecule has 0 saturated carbocycles. The average molecular weight is 492 g/mol. The zero-order valence-electron chi connectivity index (χ0n) is 20.0. The maximum Gasteiger partial charge on any atom is 0.347 e. The molecule has 190 valence electrons. The van der Waals surface area contributed by atoms with Crippen LogP contribution in [0.2, 0.25) is 0 Å². The highest BCUT2D eigenvalue weighted by Crippen LogP contribution is 2.23. The third-order valence-electron chi connectivity index (χ3n) is 4.89. The van der Waals surface area contributed by atoms with Gasteiger partial charge in [0.2, 0.25) is 17.5 Å². The Hall–Kier alpha value is -4.00. The summed E-state index contributed by atoms with van der Waals surface area (Å²) < 4.78 is 10.5. The van der Waals surface area contributed by atoms with Crippen LogP contribution in [-0.4, -0.2) is 86.6 Å². The molecule has 1 aliphatic heterocycles. The second-order valence-electron chi connectivity index (χ2n) is 8.90. The minimum Gasteiger partial charge on any atom is -0.479 e. The van der Waals surface area contributed by atoms with Crippen LogP contribution in [-0.2, 0) is 40.1 Å². The summed E-state index contributed by atoms with van der Waals surface area (Å²) in [6.45, 7) is 4.19. The lowest BCUT2D eigenvalue weighted by atomic mass is 10.00. The predicted molar refractivity (Wildman–Crippen MR) is 118 cm³/mol. The van der Waals surface area contributed by atoms with E-state index in [-0.39, 0.29) is 11.6 Å². The Balaban J connectivity index is 2.43. The van der Waals surface area contributed by atoms with Gasteiger partial charge >= 0.3 is 23.9 Å². The van der Waals surface area contributed by atoms with E-state index in [0.717, 1.165) is 14.0 Å². The molecule has 3 N–H and O–H groups in total. The van der Waals surface area contributed by atoms with Gasteiger partial charge < -0.3 is 25.2 Å². The standard InChI is InChI=1S/C22H28N4O9/c1-13(27)25(26-16(28)15(17(29)30)24(5)20(26)33)12-22(23,19(32)35-21(2,3)4)18(31)34-11-14-9-7-6-8-10-14/h6-10,15H,11-12,23H2,1-5H3,(H,29,30)/t15-,22-/m0/s1. The number of nitrogens with two attached hydrogens (primary N) is 1. The van der Waals surface area contributed by atoms with Gasteiger partial charge in [-0.3, -0.25) is 9.59 Å². The van der Waals surface area contributed by atoms with Crippen molar-refractivity contribution in [1.29, 1.82) is 0 Å². The highest BCUT2D eigenvalue weighted by molar-refractivity contribution is 6.14. The monoisotopic (exact) mass is 492 g/mol. The number of likely N-dealkylation sites (N-methyl/N-ethyl adjacent to an activating group) is 1. The Labute approximate surface area is 201 Å². The summed E-state index contributed by atoms with van der Waals surface area (Å²) in [6, 6.07) is 5.38. The zero-order valence-corrected chi connectivity index (χ0v) is 20.0. The van der Waals surface area contributed by atoms with Crippen molar-refractivity contribution < 1.29 is 43.3 Å². The van der Waals surface area contributed by atoms with Gasteiger partial charge in [0.15, 0.2) is 0 Å². The number of hydrogen-bond donors (Lipinski definition) is 2. The number of carbonyl (C=O) groups excluding carboxylic acids is 5. The third-order valence-corrected chi connectivity index (χ3v) is 4.89. The number of esters is 2. The first kappa shape index (κ1) is 27.2. The number of ether oxygens (including phenoxy) is 2. The fourth-order valence-corrected chi connectivity index (χ4v) is 3.12. The quantitative estimate of drug-likeness (QED) is 0.282. The Morgan fingerprint density at radius 1 is 1.09 bits per heavy atom. The molecule has 13 heteroatoms. The van der Waals surface area contributed by atoms with E-state index >= 15 is 0 Å². The number of aliphatic carboxylic acids is 1. The van der Waals surface area contributed by atoms with E-state index in [4.69, 9.17) is 15.2 Å². The first-order chi connectivity index (χ1) is 16.1. The zero-order chi connectivity index (χ0) is 26.7. The van der Waals surface area contributed by atoms with Crippen molar-refractivity contribution in [3.8, 4) is 0 Å². The number of carboxylic acid groups (broad SMARTS) is 1. The lowest BCUT2D eigenvalue weighted by Crippen LogP contribution is -2.67. The van der Waals surface area contributed by atoms with Crippen LogP contribution in [0.5, 0.6) is 0 Å². The number of imide groups is 1.